The van der Waals surface area contributed by atoms with E-state index in [-0.39, 0.29) is 11.8 Å². The lowest BCUT2D eigenvalue weighted by Gasteiger charge is -2.31. The standard InChI is InChI=1S/C12H16BrN3O/c1-7(9-5-14-6-9)12(17)16-10-3-4-11(13)15-8(10)2/h3-4,7,9,14H,5-6H2,1-2H3,(H,16,17). The van der Waals surface area contributed by atoms with Crippen LogP contribution in [0.15, 0.2) is 16.7 Å². The number of carbonyl (C=O) groups is 1. The number of amides is 1. The molecule has 0 aromatic carbocycles. The van der Waals surface area contributed by atoms with E-state index in [1.165, 1.54) is 0 Å². The fraction of sp³-hybridized carbons (Fsp3) is 0.500. The van der Waals surface area contributed by atoms with Gasteiger partial charge in [0.25, 0.3) is 0 Å². The first-order valence-corrected chi connectivity index (χ1v) is 6.52. The van der Waals surface area contributed by atoms with Gasteiger partial charge in [0.2, 0.25) is 5.91 Å². The third kappa shape index (κ3) is 2.84. The van der Waals surface area contributed by atoms with Gasteiger partial charge in [0.15, 0.2) is 0 Å². The van der Waals surface area contributed by atoms with E-state index >= 15 is 0 Å². The highest BCUT2D eigenvalue weighted by Crippen LogP contribution is 2.20. The number of pyridine rings is 1. The van der Waals surface area contributed by atoms with Crippen LogP contribution in [0.3, 0.4) is 0 Å². The second-order valence-corrected chi connectivity index (χ2v) is 5.28. The molecule has 5 heteroatoms. The molecule has 2 heterocycles. The van der Waals surface area contributed by atoms with E-state index in [0.717, 1.165) is 29.1 Å². The summed E-state index contributed by atoms with van der Waals surface area (Å²) in [6.45, 7) is 5.73. The van der Waals surface area contributed by atoms with E-state index in [1.807, 2.05) is 26.0 Å². The van der Waals surface area contributed by atoms with Crippen LogP contribution in [0.2, 0.25) is 0 Å². The first kappa shape index (κ1) is 12.5. The minimum Gasteiger partial charge on any atom is -0.324 e. The Morgan fingerprint density at radius 3 is 2.82 bits per heavy atom. The average molecular weight is 298 g/mol. The maximum absolute atomic E-state index is 12.0. The summed E-state index contributed by atoms with van der Waals surface area (Å²) in [7, 11) is 0. The summed E-state index contributed by atoms with van der Waals surface area (Å²) in [6, 6.07) is 3.70. The number of hydrogen-bond donors (Lipinski definition) is 2. The van der Waals surface area contributed by atoms with Gasteiger partial charge in [-0.1, -0.05) is 6.92 Å². The molecule has 1 fully saturated rings. The average Bonchev–Trinajstić information content (AvgIpc) is 2.19. The van der Waals surface area contributed by atoms with Crippen LogP contribution >= 0.6 is 15.9 Å². The number of hydrogen-bond acceptors (Lipinski definition) is 3. The highest BCUT2D eigenvalue weighted by Gasteiger charge is 2.28. The van der Waals surface area contributed by atoms with Gasteiger partial charge in [-0.2, -0.15) is 0 Å². The van der Waals surface area contributed by atoms with Crippen molar-refractivity contribution in [2.24, 2.45) is 11.8 Å². The minimum absolute atomic E-state index is 0.0410. The summed E-state index contributed by atoms with van der Waals surface area (Å²) in [5.41, 5.74) is 1.61. The van der Waals surface area contributed by atoms with Crippen LogP contribution in [0.5, 0.6) is 0 Å². The van der Waals surface area contributed by atoms with Crippen LogP contribution in [0.4, 0.5) is 5.69 Å². The van der Waals surface area contributed by atoms with E-state index < -0.39 is 0 Å². The third-order valence-electron chi connectivity index (χ3n) is 3.24. The number of halogens is 1. The summed E-state index contributed by atoms with van der Waals surface area (Å²) in [6.07, 6.45) is 0. The molecule has 1 aromatic rings. The van der Waals surface area contributed by atoms with E-state index in [4.69, 9.17) is 0 Å². The molecule has 1 atom stereocenters. The molecule has 0 spiro atoms. The Kier molecular flexibility index (Phi) is 3.79. The maximum atomic E-state index is 12.0. The van der Waals surface area contributed by atoms with Gasteiger partial charge in [-0.25, -0.2) is 4.98 Å². The SMILES string of the molecule is Cc1nc(Br)ccc1NC(=O)C(C)C1CNC1. The smallest absolute Gasteiger partial charge is 0.227 e. The van der Waals surface area contributed by atoms with E-state index in [9.17, 15) is 4.79 Å². The predicted octanol–water partition coefficient (Wildman–Crippen LogP) is 1.95. The summed E-state index contributed by atoms with van der Waals surface area (Å²) in [5, 5.41) is 6.12. The zero-order valence-corrected chi connectivity index (χ0v) is 11.5. The van der Waals surface area contributed by atoms with E-state index in [2.05, 4.69) is 31.5 Å². The zero-order valence-electron chi connectivity index (χ0n) is 9.96. The Hall–Kier alpha value is -0.940. The highest BCUT2D eigenvalue weighted by atomic mass is 79.9. The molecule has 17 heavy (non-hydrogen) atoms. The Labute approximate surface area is 109 Å². The van der Waals surface area contributed by atoms with Gasteiger partial charge in [0, 0.05) is 5.92 Å². The monoisotopic (exact) mass is 297 g/mol. The quantitative estimate of drug-likeness (QED) is 0.839. The van der Waals surface area contributed by atoms with Crippen LogP contribution in [0, 0.1) is 18.8 Å². The van der Waals surface area contributed by atoms with E-state index in [0.29, 0.717) is 5.92 Å². The molecule has 92 valence electrons. The number of nitrogens with one attached hydrogen (secondary N) is 2. The molecule has 0 saturated carbocycles. The molecule has 1 aliphatic rings. The van der Waals surface area contributed by atoms with Crippen molar-refractivity contribution in [2.45, 2.75) is 13.8 Å². The normalized spacial score (nSPS) is 17.4. The fourth-order valence-corrected chi connectivity index (χ4v) is 2.19. The summed E-state index contributed by atoms with van der Waals surface area (Å²) in [4.78, 5) is 16.3. The van der Waals surface area contributed by atoms with Gasteiger partial charge >= 0.3 is 0 Å². The van der Waals surface area contributed by atoms with Gasteiger partial charge in [-0.05, 0) is 54.0 Å². The first-order valence-electron chi connectivity index (χ1n) is 5.72. The number of rotatable bonds is 3. The number of anilines is 1. The van der Waals surface area contributed by atoms with Crippen molar-refractivity contribution >= 4 is 27.5 Å². The lowest BCUT2D eigenvalue weighted by Crippen LogP contribution is -2.48. The van der Waals surface area contributed by atoms with Gasteiger partial charge in [0.1, 0.15) is 4.60 Å². The molecule has 4 nitrogen and oxygen atoms in total. The molecule has 1 aliphatic heterocycles. The molecule has 1 amide bonds. The molecular formula is C12H16BrN3O. The summed E-state index contributed by atoms with van der Waals surface area (Å²) < 4.78 is 0.782. The molecule has 0 bridgehead atoms. The van der Waals surface area contributed by atoms with Crippen molar-refractivity contribution in [1.29, 1.82) is 0 Å². The summed E-state index contributed by atoms with van der Waals surface area (Å²) in [5.74, 6) is 0.571. The van der Waals surface area contributed by atoms with Crippen LogP contribution in [0.25, 0.3) is 0 Å². The van der Waals surface area contributed by atoms with Crippen LogP contribution in [0.1, 0.15) is 12.6 Å². The van der Waals surface area contributed by atoms with Crippen molar-refractivity contribution < 1.29 is 4.79 Å². The Bertz CT molecular complexity index is 432. The van der Waals surface area contributed by atoms with Crippen molar-refractivity contribution in [3.8, 4) is 0 Å². The van der Waals surface area contributed by atoms with Gasteiger partial charge in [-0.3, -0.25) is 4.79 Å². The molecule has 0 aliphatic carbocycles. The highest BCUT2D eigenvalue weighted by molar-refractivity contribution is 9.10. The Morgan fingerprint density at radius 2 is 2.29 bits per heavy atom. The fourth-order valence-electron chi connectivity index (χ4n) is 1.79. The zero-order chi connectivity index (χ0) is 12.4. The van der Waals surface area contributed by atoms with E-state index in [1.54, 1.807) is 0 Å². The van der Waals surface area contributed by atoms with Gasteiger partial charge in [-0.15, -0.1) is 0 Å². The number of aryl methyl sites for hydroxylation is 1. The molecule has 1 aromatic heterocycles. The molecule has 1 saturated heterocycles. The largest absolute Gasteiger partial charge is 0.324 e. The molecule has 2 rings (SSSR count). The van der Waals surface area contributed by atoms with Crippen molar-refractivity contribution in [3.05, 3.63) is 22.4 Å². The molecule has 0 radical (unpaired) electrons. The number of nitrogens with zero attached hydrogens (tertiary/aromatic N) is 1. The van der Waals surface area contributed by atoms with Crippen molar-refractivity contribution in [3.63, 3.8) is 0 Å². The van der Waals surface area contributed by atoms with Gasteiger partial charge < -0.3 is 10.6 Å². The second-order valence-electron chi connectivity index (χ2n) is 4.46. The Balaban J connectivity index is 2.02. The lowest BCUT2D eigenvalue weighted by atomic mass is 9.88. The molecular weight excluding hydrogens is 282 g/mol. The number of carbonyl (C=O) groups excluding carboxylic acids is 1. The van der Waals surface area contributed by atoms with Crippen LogP contribution in [-0.4, -0.2) is 24.0 Å². The Morgan fingerprint density at radius 1 is 1.59 bits per heavy atom. The van der Waals surface area contributed by atoms with Crippen molar-refractivity contribution in [2.75, 3.05) is 18.4 Å². The topological polar surface area (TPSA) is 54.0 Å². The van der Waals surface area contributed by atoms with Crippen molar-refractivity contribution in [1.82, 2.24) is 10.3 Å². The maximum Gasteiger partial charge on any atom is 0.227 e. The van der Waals surface area contributed by atoms with Crippen LogP contribution < -0.4 is 10.6 Å². The molecule has 1 unspecified atom stereocenters. The van der Waals surface area contributed by atoms with Gasteiger partial charge in [0.05, 0.1) is 11.4 Å². The van der Waals surface area contributed by atoms with Crippen LogP contribution in [-0.2, 0) is 4.79 Å². The summed E-state index contributed by atoms with van der Waals surface area (Å²) >= 11 is 3.30. The first-order chi connectivity index (χ1) is 8.08. The lowest BCUT2D eigenvalue weighted by molar-refractivity contribution is -0.121. The predicted molar refractivity (Wildman–Crippen MR) is 70.8 cm³/mol. The molecule has 2 N–H and O–H groups in total. The third-order valence-corrected chi connectivity index (χ3v) is 3.69. The number of aromatic nitrogens is 1. The second kappa shape index (κ2) is 5.14. The minimum atomic E-state index is 0.0410.